The fraction of sp³-hybridized carbons (Fsp3) is 0.350. The Morgan fingerprint density at radius 2 is 1.93 bits per heavy atom. The van der Waals surface area contributed by atoms with Gasteiger partial charge in [0.1, 0.15) is 0 Å². The van der Waals surface area contributed by atoms with Gasteiger partial charge in [0.2, 0.25) is 10.0 Å². The third-order valence-corrected chi connectivity index (χ3v) is 6.88. The van der Waals surface area contributed by atoms with Gasteiger partial charge in [0.25, 0.3) is 5.91 Å². The van der Waals surface area contributed by atoms with Crippen molar-refractivity contribution in [3.63, 3.8) is 0 Å². The molecule has 2 heterocycles. The normalized spacial score (nSPS) is 19.4. The molecule has 0 saturated carbocycles. The lowest BCUT2D eigenvalue weighted by atomic mass is 10.0. The number of likely N-dealkylation sites (tertiary alicyclic amines) is 1. The number of sulfonamides is 1. The number of benzene rings is 2. The highest BCUT2D eigenvalue weighted by atomic mass is 35.5. The van der Waals surface area contributed by atoms with Crippen LogP contribution in [-0.4, -0.2) is 38.6 Å². The van der Waals surface area contributed by atoms with Crippen molar-refractivity contribution in [1.29, 1.82) is 0 Å². The summed E-state index contributed by atoms with van der Waals surface area (Å²) in [5, 5.41) is 0.681. The van der Waals surface area contributed by atoms with Crippen LogP contribution < -0.4 is 4.31 Å². The lowest BCUT2D eigenvalue weighted by Gasteiger charge is -2.26. The second kappa shape index (κ2) is 6.84. The minimum Gasteiger partial charge on any atom is -0.332 e. The monoisotopic (exact) mass is 404 g/mol. The third-order valence-electron chi connectivity index (χ3n) is 5.36. The van der Waals surface area contributed by atoms with E-state index in [0.29, 0.717) is 35.8 Å². The molecule has 1 saturated heterocycles. The molecule has 142 valence electrons. The molecule has 2 aromatic carbocycles. The zero-order valence-corrected chi connectivity index (χ0v) is 16.6. The van der Waals surface area contributed by atoms with Crippen molar-refractivity contribution in [2.45, 2.75) is 25.3 Å². The second-order valence-electron chi connectivity index (χ2n) is 7.11. The summed E-state index contributed by atoms with van der Waals surface area (Å²) in [5.74, 6) is -0.0296. The maximum absolute atomic E-state index is 13.2. The van der Waals surface area contributed by atoms with E-state index < -0.39 is 10.0 Å². The molecule has 1 unspecified atom stereocenters. The number of carbonyl (C=O) groups is 1. The Bertz CT molecular complexity index is 1010. The van der Waals surface area contributed by atoms with E-state index in [1.807, 2.05) is 35.2 Å². The molecule has 0 aromatic heterocycles. The van der Waals surface area contributed by atoms with Crippen molar-refractivity contribution < 1.29 is 13.2 Å². The highest BCUT2D eigenvalue weighted by molar-refractivity contribution is 7.92. The molecule has 27 heavy (non-hydrogen) atoms. The van der Waals surface area contributed by atoms with Crippen LogP contribution in [0.2, 0.25) is 5.02 Å². The summed E-state index contributed by atoms with van der Waals surface area (Å²) in [7, 11) is -3.29. The predicted octanol–water partition coefficient (Wildman–Crippen LogP) is 3.64. The fourth-order valence-electron chi connectivity index (χ4n) is 4.09. The van der Waals surface area contributed by atoms with Gasteiger partial charge in [-0.05, 0) is 54.7 Å². The Labute approximate surface area is 164 Å². The van der Waals surface area contributed by atoms with Crippen molar-refractivity contribution in [2.75, 3.05) is 23.7 Å². The van der Waals surface area contributed by atoms with Gasteiger partial charge in [-0.15, -0.1) is 0 Å². The summed E-state index contributed by atoms with van der Waals surface area (Å²) in [4.78, 5) is 15.1. The molecule has 2 aromatic rings. The van der Waals surface area contributed by atoms with Gasteiger partial charge in [0.15, 0.2) is 0 Å². The fourth-order valence-corrected chi connectivity index (χ4v) is 5.31. The molecule has 2 aliphatic rings. The molecule has 4 rings (SSSR count). The topological polar surface area (TPSA) is 57.7 Å². The minimum absolute atomic E-state index is 0.0213. The number of halogens is 1. The van der Waals surface area contributed by atoms with Gasteiger partial charge in [0.05, 0.1) is 18.0 Å². The van der Waals surface area contributed by atoms with Crippen LogP contribution in [0.15, 0.2) is 42.5 Å². The standard InChI is InChI=1S/C20H21ClN2O3S/c1-27(25,26)23-12-10-14-13-15(8-9-18(14)23)20(24)22-11-4-7-19(22)16-5-2-3-6-17(16)21/h2-3,5-6,8-9,13,19H,4,7,10-12H2,1H3. The first kappa shape index (κ1) is 18.3. The third kappa shape index (κ3) is 3.32. The van der Waals surface area contributed by atoms with Gasteiger partial charge in [0, 0.05) is 23.7 Å². The van der Waals surface area contributed by atoms with Crippen molar-refractivity contribution in [3.05, 3.63) is 64.2 Å². The summed E-state index contributed by atoms with van der Waals surface area (Å²) in [6.07, 6.45) is 3.66. The molecule has 2 aliphatic heterocycles. The van der Waals surface area contributed by atoms with E-state index in [4.69, 9.17) is 11.6 Å². The number of fused-ring (bicyclic) bond motifs is 1. The van der Waals surface area contributed by atoms with Gasteiger partial charge in [-0.1, -0.05) is 29.8 Å². The molecule has 7 heteroatoms. The van der Waals surface area contributed by atoms with Crippen LogP contribution in [0.3, 0.4) is 0 Å². The zero-order chi connectivity index (χ0) is 19.2. The molecule has 5 nitrogen and oxygen atoms in total. The SMILES string of the molecule is CS(=O)(=O)N1CCc2cc(C(=O)N3CCCC3c3ccccc3Cl)ccc21. The second-order valence-corrected chi connectivity index (χ2v) is 9.42. The van der Waals surface area contributed by atoms with E-state index in [0.717, 1.165) is 24.0 Å². The van der Waals surface area contributed by atoms with Crippen molar-refractivity contribution >= 4 is 33.2 Å². The van der Waals surface area contributed by atoms with Crippen LogP contribution in [0.1, 0.15) is 40.4 Å². The summed E-state index contributed by atoms with van der Waals surface area (Å²) in [5.41, 5.74) is 3.16. The number of anilines is 1. The Kier molecular flexibility index (Phi) is 4.64. The summed E-state index contributed by atoms with van der Waals surface area (Å²) in [6, 6.07) is 13.0. The van der Waals surface area contributed by atoms with Crippen molar-refractivity contribution in [2.24, 2.45) is 0 Å². The van der Waals surface area contributed by atoms with E-state index >= 15 is 0 Å². The van der Waals surface area contributed by atoms with E-state index in [1.165, 1.54) is 10.6 Å². The van der Waals surface area contributed by atoms with Crippen molar-refractivity contribution in [1.82, 2.24) is 4.90 Å². The van der Waals surface area contributed by atoms with Crippen LogP contribution >= 0.6 is 11.6 Å². The summed E-state index contributed by atoms with van der Waals surface area (Å²) >= 11 is 6.36. The number of amides is 1. The van der Waals surface area contributed by atoms with Crippen molar-refractivity contribution in [3.8, 4) is 0 Å². The van der Waals surface area contributed by atoms with Gasteiger partial charge < -0.3 is 4.90 Å². The van der Waals surface area contributed by atoms with E-state index in [-0.39, 0.29) is 11.9 Å². The highest BCUT2D eigenvalue weighted by Gasteiger charge is 2.33. The largest absolute Gasteiger partial charge is 0.332 e. The lowest BCUT2D eigenvalue weighted by molar-refractivity contribution is 0.0735. The number of carbonyl (C=O) groups excluding carboxylic acids is 1. The Morgan fingerprint density at radius 1 is 1.15 bits per heavy atom. The van der Waals surface area contributed by atoms with Crippen LogP contribution in [0.5, 0.6) is 0 Å². The molecule has 0 bridgehead atoms. The van der Waals surface area contributed by atoms with Gasteiger partial charge in [-0.25, -0.2) is 8.42 Å². The van der Waals surface area contributed by atoms with Gasteiger partial charge >= 0.3 is 0 Å². The zero-order valence-electron chi connectivity index (χ0n) is 15.1. The Balaban J connectivity index is 1.63. The quantitative estimate of drug-likeness (QED) is 0.784. The molecule has 0 spiro atoms. The number of hydrogen-bond acceptors (Lipinski definition) is 3. The molecule has 0 N–H and O–H groups in total. The maximum Gasteiger partial charge on any atom is 0.254 e. The lowest BCUT2D eigenvalue weighted by Crippen LogP contribution is -2.31. The molecular formula is C20H21ClN2O3S. The number of hydrogen-bond donors (Lipinski definition) is 0. The Hall–Kier alpha value is -2.05. The smallest absolute Gasteiger partial charge is 0.254 e. The molecule has 1 atom stereocenters. The maximum atomic E-state index is 13.2. The average molecular weight is 405 g/mol. The molecule has 1 amide bonds. The Morgan fingerprint density at radius 3 is 2.67 bits per heavy atom. The average Bonchev–Trinajstić information content (AvgIpc) is 3.27. The first-order valence-electron chi connectivity index (χ1n) is 9.02. The molecule has 0 radical (unpaired) electrons. The summed E-state index contributed by atoms with van der Waals surface area (Å²) < 4.78 is 25.2. The van der Waals surface area contributed by atoms with Crippen LogP contribution in [0, 0.1) is 0 Å². The number of nitrogens with zero attached hydrogens (tertiary/aromatic N) is 2. The number of rotatable bonds is 3. The highest BCUT2D eigenvalue weighted by Crippen LogP contribution is 2.37. The first-order chi connectivity index (χ1) is 12.9. The predicted molar refractivity (Wildman–Crippen MR) is 107 cm³/mol. The van der Waals surface area contributed by atoms with Crippen LogP contribution in [0.25, 0.3) is 0 Å². The molecular weight excluding hydrogens is 384 g/mol. The van der Waals surface area contributed by atoms with E-state index in [9.17, 15) is 13.2 Å². The van der Waals surface area contributed by atoms with E-state index in [1.54, 1.807) is 12.1 Å². The first-order valence-corrected chi connectivity index (χ1v) is 11.2. The minimum atomic E-state index is -3.29. The molecule has 0 aliphatic carbocycles. The van der Waals surface area contributed by atoms with E-state index in [2.05, 4.69) is 0 Å². The molecule has 1 fully saturated rings. The van der Waals surface area contributed by atoms with Gasteiger partial charge in [-0.2, -0.15) is 0 Å². The van der Waals surface area contributed by atoms with Crippen LogP contribution in [0.4, 0.5) is 5.69 Å². The van der Waals surface area contributed by atoms with Crippen LogP contribution in [-0.2, 0) is 16.4 Å². The van der Waals surface area contributed by atoms with Gasteiger partial charge in [-0.3, -0.25) is 9.10 Å². The summed E-state index contributed by atoms with van der Waals surface area (Å²) in [6.45, 7) is 1.12.